The molecule has 16 heavy (non-hydrogen) atoms. The molecule has 0 amide bonds. The van der Waals surface area contributed by atoms with E-state index in [0.717, 1.165) is 12.7 Å². The van der Waals surface area contributed by atoms with Crippen molar-refractivity contribution in [1.29, 1.82) is 0 Å². The number of carbonyl (C=O) groups is 1. The van der Waals surface area contributed by atoms with Crippen LogP contribution in [0, 0.1) is 0 Å². The summed E-state index contributed by atoms with van der Waals surface area (Å²) in [5, 5.41) is 0. The predicted molar refractivity (Wildman–Crippen MR) is 55.5 cm³/mol. The van der Waals surface area contributed by atoms with E-state index in [1.807, 2.05) is 0 Å². The van der Waals surface area contributed by atoms with Crippen LogP contribution in [0.15, 0.2) is 22.7 Å². The van der Waals surface area contributed by atoms with Gasteiger partial charge in [0, 0.05) is 0 Å². The zero-order chi connectivity index (χ0) is 12.5. The van der Waals surface area contributed by atoms with Crippen molar-refractivity contribution in [3.05, 3.63) is 22.7 Å². The van der Waals surface area contributed by atoms with Crippen LogP contribution in [-0.4, -0.2) is 19.0 Å². The minimum atomic E-state index is -5.62. The fourth-order valence-corrected chi connectivity index (χ4v) is 4.59. The van der Waals surface area contributed by atoms with Crippen molar-refractivity contribution in [2.75, 3.05) is 0 Å². The van der Waals surface area contributed by atoms with Gasteiger partial charge in [0.2, 0.25) is 0 Å². The number of rotatable bonds is 2. The summed E-state index contributed by atoms with van der Waals surface area (Å²) in [5.41, 5.74) is 0. The quantitative estimate of drug-likeness (QED) is 0.692. The molecular weight excluding hydrogens is 251 g/mol. The molecule has 0 aromatic heterocycles. The molecule has 1 rings (SSSR count). The van der Waals surface area contributed by atoms with Gasteiger partial charge in [-0.25, -0.2) is 0 Å². The zero-order valence-electron chi connectivity index (χ0n) is 8.95. The van der Waals surface area contributed by atoms with Crippen LogP contribution in [0.3, 0.4) is 0 Å². The molecule has 0 saturated carbocycles. The maximum atomic E-state index is 11.8. The topological polar surface area (TPSA) is 68.3 Å². The van der Waals surface area contributed by atoms with Crippen LogP contribution in [0.1, 0.15) is 13.3 Å². The molecule has 86 valence electrons. The minimum absolute atomic E-state index is 0.184. The molecule has 0 unspecified atom stereocenters. The molecule has 0 heterocycles. The second kappa shape index (κ2) is 2.96. The third-order valence-electron chi connectivity index (χ3n) is 2.95. The number of carbonyl (C=O) groups excluding carboxylic acids is 4. The molecule has 0 aliphatic heterocycles. The molecule has 1 aliphatic rings. The molecule has 0 saturated heterocycles. The molecule has 0 bridgehead atoms. The summed E-state index contributed by atoms with van der Waals surface area (Å²) in [6, 6.07) is 0. The van der Waals surface area contributed by atoms with Crippen molar-refractivity contribution < 1.29 is 28.6 Å². The Hall–Kier alpha value is -1.59. The molecule has 0 aromatic carbocycles. The number of hydrogen-bond acceptors (Lipinski definition) is 4. The van der Waals surface area contributed by atoms with Gasteiger partial charge >= 0.3 is 89.5 Å². The van der Waals surface area contributed by atoms with Gasteiger partial charge < -0.3 is 0 Å². The Morgan fingerprint density at radius 3 is 2.00 bits per heavy atom. The predicted octanol–water partition coefficient (Wildman–Crippen LogP) is 0.852. The van der Waals surface area contributed by atoms with Crippen molar-refractivity contribution in [2.24, 2.45) is 0 Å². The van der Waals surface area contributed by atoms with Crippen LogP contribution < -0.4 is 0 Å². The van der Waals surface area contributed by atoms with Crippen LogP contribution in [-0.2, 0) is 28.6 Å². The summed E-state index contributed by atoms with van der Waals surface area (Å²) < 4.78 is -0.616. The van der Waals surface area contributed by atoms with Crippen molar-refractivity contribution in [1.82, 2.24) is 0 Å². The average Bonchev–Trinajstić information content (AvgIpc) is 2.83. The van der Waals surface area contributed by atoms with E-state index in [-0.39, 0.29) is 10.9 Å². The maximum absolute atomic E-state index is 11.8. The number of allylic oxidation sites excluding steroid dienone is 4. The summed E-state index contributed by atoms with van der Waals surface area (Å²) in [5.74, 6) is 1.07. The van der Waals surface area contributed by atoms with Gasteiger partial charge in [0.15, 0.2) is 0 Å². The molecule has 4 nitrogen and oxygen atoms in total. The fraction of sp³-hybridized carbons (Fsp3) is 0.273. The van der Waals surface area contributed by atoms with Gasteiger partial charge in [-0.15, -0.1) is 0 Å². The van der Waals surface area contributed by atoms with Crippen LogP contribution in [0.5, 0.6) is 0 Å². The Balaban J connectivity index is 4.45. The molecule has 0 spiro atoms. The Kier molecular flexibility index (Phi) is 2.31. The Labute approximate surface area is 89.8 Å². The zero-order valence-corrected chi connectivity index (χ0v) is 10.1. The monoisotopic (exact) mass is 262 g/mol. The van der Waals surface area contributed by atoms with Crippen LogP contribution in [0.25, 0.3) is 0 Å². The van der Waals surface area contributed by atoms with E-state index in [2.05, 4.69) is 0 Å². The van der Waals surface area contributed by atoms with Gasteiger partial charge in [0.25, 0.3) is 0 Å². The average molecular weight is 262 g/mol. The van der Waals surface area contributed by atoms with Crippen LogP contribution in [0.2, 0.25) is 5.82 Å². The molecular formula is C11H11MnO4. The van der Waals surface area contributed by atoms with Gasteiger partial charge in [-0.1, -0.05) is 0 Å². The van der Waals surface area contributed by atoms with E-state index in [0.29, 0.717) is 0 Å². The van der Waals surface area contributed by atoms with Gasteiger partial charge in [0.1, 0.15) is 0 Å². The Bertz CT molecular complexity index is 735. The first-order valence-electron chi connectivity index (χ1n) is 4.36. The summed E-state index contributed by atoms with van der Waals surface area (Å²) in [4.78, 5) is 50.0. The third kappa shape index (κ3) is 0.989. The second-order valence-corrected chi connectivity index (χ2v) is 12.1. The first kappa shape index (κ1) is 12.5. The van der Waals surface area contributed by atoms with Gasteiger partial charge in [-0.05, 0) is 0 Å². The molecule has 1 aliphatic carbocycles. The van der Waals surface area contributed by atoms with E-state index < -0.39 is 14.1 Å². The van der Waals surface area contributed by atoms with E-state index in [1.54, 1.807) is 12.2 Å². The van der Waals surface area contributed by atoms with Crippen molar-refractivity contribution >= 4 is 19.0 Å². The van der Waals surface area contributed by atoms with Crippen molar-refractivity contribution in [3.8, 4) is 0 Å². The van der Waals surface area contributed by atoms with Gasteiger partial charge in [0.05, 0.1) is 0 Å². The molecule has 0 aromatic rings. The Morgan fingerprint density at radius 2 is 1.75 bits per heavy atom. The van der Waals surface area contributed by atoms with Crippen molar-refractivity contribution in [2.45, 2.75) is 19.2 Å². The van der Waals surface area contributed by atoms with E-state index >= 15 is 0 Å². The Morgan fingerprint density at radius 1 is 1.25 bits per heavy atom. The first-order valence-corrected chi connectivity index (χ1v) is 8.49. The number of hydrogen-bond donors (Lipinski definition) is 0. The van der Waals surface area contributed by atoms with Crippen LogP contribution >= 0.6 is 0 Å². The molecule has 0 fully saturated rings. The third-order valence-corrected chi connectivity index (χ3v) is 10.3. The molecule has 0 radical (unpaired) electrons. The van der Waals surface area contributed by atoms with E-state index in [1.165, 1.54) is 20.4 Å². The summed E-state index contributed by atoms with van der Waals surface area (Å²) >= 11 is 0. The van der Waals surface area contributed by atoms with Crippen molar-refractivity contribution in [3.63, 3.8) is 0 Å². The summed E-state index contributed by atoms with van der Waals surface area (Å²) in [7, 11) is -5.62. The van der Waals surface area contributed by atoms with Gasteiger partial charge in [-0.2, -0.15) is 0 Å². The standard InChI is InChI=1S/C5H5.C2H3O.3CO.CH3.Mn/c1-2-4-5-3-1;1-2-3;3*1-2;;/h1-3H,4H2;1H3;;;;1H3;. The second-order valence-electron chi connectivity index (χ2n) is 3.84. The first-order chi connectivity index (χ1) is 7.34. The molecule has 0 N–H and O–H groups in total. The summed E-state index contributed by atoms with van der Waals surface area (Å²) in [6.45, 7) is 1.05. The SMILES string of the molecule is C[C](=O)[Mn]([CH3])(=[C]=O)(=[C]=O)(=[C]=O)[C]1=CC=CC1. The van der Waals surface area contributed by atoms with E-state index in [4.69, 9.17) is 0 Å². The fourth-order valence-electron chi connectivity index (χ4n) is 1.37. The van der Waals surface area contributed by atoms with E-state index in [9.17, 15) is 19.2 Å². The molecule has 5 heteroatoms. The van der Waals surface area contributed by atoms with Gasteiger partial charge in [-0.3, -0.25) is 0 Å². The van der Waals surface area contributed by atoms with Crippen LogP contribution in [0.4, 0.5) is 0 Å². The normalized spacial score (nSPS) is 18.5. The molecule has 0 atom stereocenters. The summed E-state index contributed by atoms with van der Waals surface area (Å²) in [6.07, 6.45) is 4.89.